The second-order valence-electron chi connectivity index (χ2n) is 8.16. The van der Waals surface area contributed by atoms with Crippen molar-refractivity contribution in [2.45, 2.75) is 34.1 Å². The van der Waals surface area contributed by atoms with Crippen LogP contribution in [0.5, 0.6) is 0 Å². The smallest absolute Gasteiger partial charge is 0.263 e. The standard InChI is InChI=1S/C26H30N4OS/c1-5-29(21-11-8-10-18(2)16-21)15-9-12-27-25(31)24-23(30-13-6-7-14-30)22-19(3)17-20(4)28-26(22)32-24/h6-8,10-11,13-14,16-17H,5,9,12,15H2,1-4H3,(H,27,31). The van der Waals surface area contributed by atoms with Gasteiger partial charge in [-0.1, -0.05) is 12.1 Å². The van der Waals surface area contributed by atoms with E-state index in [2.05, 4.69) is 61.3 Å². The number of hydrogen-bond donors (Lipinski definition) is 1. The van der Waals surface area contributed by atoms with Gasteiger partial charge in [-0.2, -0.15) is 0 Å². The van der Waals surface area contributed by atoms with Crippen LogP contribution in [0.25, 0.3) is 15.9 Å². The summed E-state index contributed by atoms with van der Waals surface area (Å²) in [7, 11) is 0. The molecule has 0 aliphatic rings. The predicted octanol–water partition coefficient (Wildman–Crippen LogP) is 5.66. The summed E-state index contributed by atoms with van der Waals surface area (Å²) in [5, 5.41) is 4.20. The molecular formula is C26H30N4OS. The van der Waals surface area contributed by atoms with E-state index in [1.165, 1.54) is 22.6 Å². The average Bonchev–Trinajstić information content (AvgIpc) is 3.41. The van der Waals surface area contributed by atoms with Gasteiger partial charge in [0.25, 0.3) is 5.91 Å². The number of thiophene rings is 1. The molecule has 0 unspecified atom stereocenters. The molecule has 0 radical (unpaired) electrons. The van der Waals surface area contributed by atoms with Crippen molar-refractivity contribution in [1.82, 2.24) is 14.9 Å². The van der Waals surface area contributed by atoms with Gasteiger partial charge in [0.1, 0.15) is 9.71 Å². The van der Waals surface area contributed by atoms with E-state index < -0.39 is 0 Å². The Hall–Kier alpha value is -3.12. The van der Waals surface area contributed by atoms with Gasteiger partial charge in [-0.25, -0.2) is 4.98 Å². The average molecular weight is 447 g/mol. The first-order valence-corrected chi connectivity index (χ1v) is 11.9. The summed E-state index contributed by atoms with van der Waals surface area (Å²) in [6.07, 6.45) is 4.85. The molecule has 0 saturated carbocycles. The van der Waals surface area contributed by atoms with Crippen LogP contribution in [-0.4, -0.2) is 35.1 Å². The number of hydrogen-bond acceptors (Lipinski definition) is 4. The van der Waals surface area contributed by atoms with E-state index in [0.29, 0.717) is 11.4 Å². The van der Waals surface area contributed by atoms with E-state index in [1.54, 1.807) is 0 Å². The lowest BCUT2D eigenvalue weighted by atomic mass is 10.1. The Kier molecular flexibility index (Phi) is 6.61. The maximum Gasteiger partial charge on any atom is 0.263 e. The van der Waals surface area contributed by atoms with Crippen LogP contribution in [0.3, 0.4) is 0 Å². The summed E-state index contributed by atoms with van der Waals surface area (Å²) >= 11 is 1.47. The lowest BCUT2D eigenvalue weighted by Crippen LogP contribution is -2.30. The fourth-order valence-electron chi connectivity index (χ4n) is 4.15. The fourth-order valence-corrected chi connectivity index (χ4v) is 5.37. The van der Waals surface area contributed by atoms with Gasteiger partial charge >= 0.3 is 0 Å². The van der Waals surface area contributed by atoms with Crippen molar-refractivity contribution in [3.63, 3.8) is 0 Å². The van der Waals surface area contributed by atoms with Gasteiger partial charge in [-0.15, -0.1) is 11.3 Å². The van der Waals surface area contributed by atoms with Crippen molar-refractivity contribution >= 4 is 33.1 Å². The molecule has 3 aromatic heterocycles. The molecule has 6 heteroatoms. The number of pyridine rings is 1. The number of carbonyl (C=O) groups excluding carboxylic acids is 1. The highest BCUT2D eigenvalue weighted by atomic mass is 32.1. The van der Waals surface area contributed by atoms with Gasteiger partial charge in [-0.05, 0) is 75.6 Å². The third kappa shape index (κ3) is 4.55. The molecule has 0 fully saturated rings. The zero-order valence-electron chi connectivity index (χ0n) is 19.2. The summed E-state index contributed by atoms with van der Waals surface area (Å²) < 4.78 is 2.02. The summed E-state index contributed by atoms with van der Waals surface area (Å²) in [6, 6.07) is 14.6. The number of benzene rings is 1. The minimum Gasteiger partial charge on any atom is -0.372 e. The highest BCUT2D eigenvalue weighted by Gasteiger charge is 2.22. The number of amides is 1. The van der Waals surface area contributed by atoms with E-state index in [-0.39, 0.29) is 5.91 Å². The van der Waals surface area contributed by atoms with E-state index in [9.17, 15) is 4.79 Å². The largest absolute Gasteiger partial charge is 0.372 e. The Bertz CT molecular complexity index is 1230. The van der Waals surface area contributed by atoms with Gasteiger partial charge in [0.15, 0.2) is 0 Å². The van der Waals surface area contributed by atoms with Crippen molar-refractivity contribution < 1.29 is 4.79 Å². The Labute approximate surface area is 193 Å². The molecule has 32 heavy (non-hydrogen) atoms. The summed E-state index contributed by atoms with van der Waals surface area (Å²) in [5.74, 6) is -0.0349. The summed E-state index contributed by atoms with van der Waals surface area (Å²) in [4.78, 5) is 21.9. The van der Waals surface area contributed by atoms with Crippen molar-refractivity contribution in [2.24, 2.45) is 0 Å². The van der Waals surface area contributed by atoms with E-state index >= 15 is 0 Å². The number of fused-ring (bicyclic) bond motifs is 1. The first-order chi connectivity index (χ1) is 15.5. The second-order valence-corrected chi connectivity index (χ2v) is 9.16. The highest BCUT2D eigenvalue weighted by Crippen LogP contribution is 2.35. The minimum atomic E-state index is -0.0349. The molecule has 4 aromatic rings. The number of carbonyl (C=O) groups is 1. The number of anilines is 1. The minimum absolute atomic E-state index is 0.0349. The normalized spacial score (nSPS) is 11.1. The van der Waals surface area contributed by atoms with Crippen LogP contribution in [0.4, 0.5) is 5.69 Å². The molecule has 0 atom stereocenters. The lowest BCUT2D eigenvalue weighted by Gasteiger charge is -2.23. The van der Waals surface area contributed by atoms with Crippen molar-refractivity contribution in [3.05, 3.63) is 76.6 Å². The number of rotatable bonds is 8. The van der Waals surface area contributed by atoms with Crippen LogP contribution in [0, 0.1) is 20.8 Å². The third-order valence-corrected chi connectivity index (χ3v) is 6.74. The van der Waals surface area contributed by atoms with E-state index in [1.807, 2.05) is 36.0 Å². The van der Waals surface area contributed by atoms with Gasteiger partial charge in [-0.3, -0.25) is 4.79 Å². The lowest BCUT2D eigenvalue weighted by molar-refractivity contribution is 0.0957. The quantitative estimate of drug-likeness (QED) is 0.355. The first kappa shape index (κ1) is 22.1. The Morgan fingerprint density at radius 1 is 1.12 bits per heavy atom. The third-order valence-electron chi connectivity index (χ3n) is 5.67. The van der Waals surface area contributed by atoms with E-state index in [0.717, 1.165) is 46.7 Å². The van der Waals surface area contributed by atoms with Gasteiger partial charge in [0, 0.05) is 48.8 Å². The van der Waals surface area contributed by atoms with Crippen LogP contribution in [-0.2, 0) is 0 Å². The molecule has 1 amide bonds. The fraction of sp³-hybridized carbons (Fsp3) is 0.308. The summed E-state index contributed by atoms with van der Waals surface area (Å²) in [5.41, 5.74) is 5.53. The molecule has 0 bridgehead atoms. The van der Waals surface area contributed by atoms with Crippen molar-refractivity contribution in [1.29, 1.82) is 0 Å². The van der Waals surface area contributed by atoms with Gasteiger partial charge < -0.3 is 14.8 Å². The summed E-state index contributed by atoms with van der Waals surface area (Å²) in [6.45, 7) is 10.8. The Morgan fingerprint density at radius 2 is 1.91 bits per heavy atom. The molecule has 5 nitrogen and oxygen atoms in total. The molecule has 1 N–H and O–H groups in total. The zero-order chi connectivity index (χ0) is 22.7. The van der Waals surface area contributed by atoms with Crippen LogP contribution < -0.4 is 10.2 Å². The molecule has 4 rings (SSSR count). The molecular weight excluding hydrogens is 416 g/mol. The number of nitrogens with one attached hydrogen (secondary N) is 1. The maximum absolute atomic E-state index is 13.2. The van der Waals surface area contributed by atoms with Gasteiger partial charge in [0.05, 0.1) is 5.69 Å². The van der Waals surface area contributed by atoms with Crippen LogP contribution >= 0.6 is 11.3 Å². The first-order valence-electron chi connectivity index (χ1n) is 11.1. The molecule has 0 spiro atoms. The molecule has 3 heterocycles. The number of nitrogens with zero attached hydrogens (tertiary/aromatic N) is 3. The van der Waals surface area contributed by atoms with Crippen LogP contribution in [0.2, 0.25) is 0 Å². The number of aromatic nitrogens is 2. The molecule has 0 aliphatic carbocycles. The monoisotopic (exact) mass is 446 g/mol. The highest BCUT2D eigenvalue weighted by molar-refractivity contribution is 7.21. The SMILES string of the molecule is CCN(CCCNC(=O)c1sc2nc(C)cc(C)c2c1-n1cccc1)c1cccc(C)c1. The predicted molar refractivity (Wildman–Crippen MR) is 134 cm³/mol. The Balaban J connectivity index is 1.49. The molecule has 1 aromatic carbocycles. The second kappa shape index (κ2) is 9.57. The molecule has 0 aliphatic heterocycles. The van der Waals surface area contributed by atoms with Crippen molar-refractivity contribution in [2.75, 3.05) is 24.5 Å². The molecule has 166 valence electrons. The topological polar surface area (TPSA) is 50.2 Å². The van der Waals surface area contributed by atoms with Crippen LogP contribution in [0.1, 0.15) is 39.8 Å². The van der Waals surface area contributed by atoms with E-state index in [4.69, 9.17) is 4.98 Å². The van der Waals surface area contributed by atoms with Gasteiger partial charge in [0.2, 0.25) is 0 Å². The maximum atomic E-state index is 13.2. The Morgan fingerprint density at radius 3 is 2.62 bits per heavy atom. The zero-order valence-corrected chi connectivity index (χ0v) is 20.0. The van der Waals surface area contributed by atoms with Crippen molar-refractivity contribution in [3.8, 4) is 5.69 Å². The van der Waals surface area contributed by atoms with Crippen LogP contribution in [0.15, 0.2) is 54.9 Å². The number of aryl methyl sites for hydroxylation is 3. The molecule has 0 saturated heterocycles.